The van der Waals surface area contributed by atoms with Gasteiger partial charge < -0.3 is 14.2 Å². The number of benzene rings is 2. The molecular weight excluding hydrogens is 354 g/mol. The van der Waals surface area contributed by atoms with Gasteiger partial charge in [0.25, 0.3) is 0 Å². The van der Waals surface area contributed by atoms with E-state index in [9.17, 15) is 4.79 Å². The lowest BCUT2D eigenvalue weighted by molar-refractivity contribution is -0.129. The Morgan fingerprint density at radius 3 is 2.68 bits per heavy atom. The summed E-state index contributed by atoms with van der Waals surface area (Å²) >= 11 is 0. The molecule has 1 saturated heterocycles. The van der Waals surface area contributed by atoms with Crippen molar-refractivity contribution >= 4 is 5.91 Å². The van der Waals surface area contributed by atoms with Crippen LogP contribution in [0.5, 0.6) is 5.75 Å². The SMILES string of the molecule is COc1ccc(CN2C(=O)CCC2c2nc(-c3ccc(C)cc3C)no2)cc1. The summed E-state index contributed by atoms with van der Waals surface area (Å²) in [5.41, 5.74) is 4.28. The molecule has 28 heavy (non-hydrogen) atoms. The van der Waals surface area contributed by atoms with Crippen LogP contribution in [0.15, 0.2) is 47.0 Å². The van der Waals surface area contributed by atoms with E-state index >= 15 is 0 Å². The average molecular weight is 377 g/mol. The third-order valence-electron chi connectivity index (χ3n) is 5.19. The molecule has 1 aromatic heterocycles. The van der Waals surface area contributed by atoms with Crippen LogP contribution in [0.2, 0.25) is 0 Å². The molecule has 3 aromatic rings. The van der Waals surface area contributed by atoms with Crippen LogP contribution in [0.4, 0.5) is 0 Å². The fourth-order valence-electron chi connectivity index (χ4n) is 3.66. The zero-order valence-electron chi connectivity index (χ0n) is 16.3. The molecule has 0 spiro atoms. The highest BCUT2D eigenvalue weighted by molar-refractivity contribution is 5.79. The number of hydrogen-bond acceptors (Lipinski definition) is 5. The van der Waals surface area contributed by atoms with Crippen molar-refractivity contribution in [2.24, 2.45) is 0 Å². The largest absolute Gasteiger partial charge is 0.497 e. The van der Waals surface area contributed by atoms with E-state index in [2.05, 4.69) is 23.1 Å². The van der Waals surface area contributed by atoms with Crippen LogP contribution < -0.4 is 4.74 Å². The topological polar surface area (TPSA) is 68.5 Å². The van der Waals surface area contributed by atoms with Gasteiger partial charge in [-0.1, -0.05) is 41.1 Å². The molecule has 2 heterocycles. The predicted octanol–water partition coefficient (Wildman–Crippen LogP) is 4.23. The molecule has 0 saturated carbocycles. The lowest BCUT2D eigenvalue weighted by atomic mass is 10.1. The Morgan fingerprint density at radius 2 is 1.96 bits per heavy atom. The van der Waals surface area contributed by atoms with Crippen molar-refractivity contribution < 1.29 is 14.1 Å². The van der Waals surface area contributed by atoms with Crippen LogP contribution in [0.1, 0.15) is 41.5 Å². The Morgan fingerprint density at radius 1 is 1.18 bits per heavy atom. The van der Waals surface area contributed by atoms with Crippen molar-refractivity contribution in [3.05, 3.63) is 65.0 Å². The first-order chi connectivity index (χ1) is 13.5. The molecule has 0 bridgehead atoms. The van der Waals surface area contributed by atoms with Gasteiger partial charge in [-0.2, -0.15) is 4.98 Å². The van der Waals surface area contributed by atoms with Gasteiger partial charge in [-0.05, 0) is 43.5 Å². The molecule has 0 aliphatic carbocycles. The minimum absolute atomic E-state index is 0.104. The van der Waals surface area contributed by atoms with Crippen LogP contribution in [0.3, 0.4) is 0 Å². The molecule has 1 aliphatic rings. The second-order valence-corrected chi connectivity index (χ2v) is 7.20. The quantitative estimate of drug-likeness (QED) is 0.666. The van der Waals surface area contributed by atoms with E-state index in [1.165, 1.54) is 5.56 Å². The maximum absolute atomic E-state index is 12.5. The maximum Gasteiger partial charge on any atom is 0.249 e. The highest BCUT2D eigenvalue weighted by Gasteiger charge is 2.36. The normalized spacial score (nSPS) is 16.6. The molecule has 6 heteroatoms. The molecule has 1 amide bonds. The fourth-order valence-corrected chi connectivity index (χ4v) is 3.66. The van der Waals surface area contributed by atoms with Gasteiger partial charge in [0.05, 0.1) is 7.11 Å². The molecule has 144 valence electrons. The zero-order chi connectivity index (χ0) is 19.7. The van der Waals surface area contributed by atoms with Crippen molar-refractivity contribution in [1.29, 1.82) is 0 Å². The number of likely N-dealkylation sites (tertiary alicyclic amines) is 1. The van der Waals surface area contributed by atoms with Crippen molar-refractivity contribution in [1.82, 2.24) is 15.0 Å². The Kier molecular flexibility index (Phi) is 4.86. The molecular formula is C22H23N3O3. The van der Waals surface area contributed by atoms with Gasteiger partial charge in [-0.15, -0.1) is 0 Å². The predicted molar refractivity (Wildman–Crippen MR) is 105 cm³/mol. The van der Waals surface area contributed by atoms with Crippen LogP contribution in [0, 0.1) is 13.8 Å². The first kappa shape index (κ1) is 18.2. The summed E-state index contributed by atoms with van der Waals surface area (Å²) < 4.78 is 10.8. The summed E-state index contributed by atoms with van der Waals surface area (Å²) in [6, 6.07) is 13.7. The molecule has 2 aromatic carbocycles. The minimum Gasteiger partial charge on any atom is -0.497 e. The van der Waals surface area contributed by atoms with Gasteiger partial charge in [0.2, 0.25) is 17.6 Å². The van der Waals surface area contributed by atoms with Gasteiger partial charge >= 0.3 is 0 Å². The monoisotopic (exact) mass is 377 g/mol. The highest BCUT2D eigenvalue weighted by atomic mass is 16.5. The third-order valence-corrected chi connectivity index (χ3v) is 5.19. The van der Waals surface area contributed by atoms with Gasteiger partial charge in [0.1, 0.15) is 11.8 Å². The van der Waals surface area contributed by atoms with Crippen LogP contribution in [0.25, 0.3) is 11.4 Å². The first-order valence-electron chi connectivity index (χ1n) is 9.39. The average Bonchev–Trinajstić information content (AvgIpc) is 3.30. The molecule has 1 atom stereocenters. The van der Waals surface area contributed by atoms with Gasteiger partial charge in [0.15, 0.2) is 0 Å². The van der Waals surface area contributed by atoms with E-state index in [1.807, 2.05) is 48.2 Å². The van der Waals surface area contributed by atoms with Crippen LogP contribution >= 0.6 is 0 Å². The highest BCUT2D eigenvalue weighted by Crippen LogP contribution is 2.34. The number of carbonyl (C=O) groups excluding carboxylic acids is 1. The van der Waals surface area contributed by atoms with Crippen LogP contribution in [-0.4, -0.2) is 28.1 Å². The molecule has 0 radical (unpaired) electrons. The van der Waals surface area contributed by atoms with Crippen LogP contribution in [-0.2, 0) is 11.3 Å². The minimum atomic E-state index is -0.193. The van der Waals surface area contributed by atoms with E-state index in [0.717, 1.165) is 22.4 Å². The summed E-state index contributed by atoms with van der Waals surface area (Å²) in [5.74, 6) is 1.96. The summed E-state index contributed by atoms with van der Waals surface area (Å²) in [7, 11) is 1.64. The third kappa shape index (κ3) is 3.50. The standard InChI is InChI=1S/C22H23N3O3/c1-14-4-9-18(15(2)12-14)21-23-22(28-24-21)19-10-11-20(26)25(19)13-16-5-7-17(27-3)8-6-16/h4-9,12,19H,10-11,13H2,1-3H3. The summed E-state index contributed by atoms with van der Waals surface area (Å²) in [4.78, 5) is 18.9. The van der Waals surface area contributed by atoms with Gasteiger partial charge in [-0.25, -0.2) is 0 Å². The van der Waals surface area contributed by atoms with E-state index in [0.29, 0.717) is 31.1 Å². The van der Waals surface area contributed by atoms with E-state index in [1.54, 1.807) is 7.11 Å². The number of aromatic nitrogens is 2. The molecule has 6 nitrogen and oxygen atoms in total. The zero-order valence-corrected chi connectivity index (χ0v) is 16.3. The summed E-state index contributed by atoms with van der Waals surface area (Å²) in [5, 5.41) is 4.17. The van der Waals surface area contributed by atoms with E-state index in [4.69, 9.17) is 9.26 Å². The van der Waals surface area contributed by atoms with Crippen molar-refractivity contribution in [3.8, 4) is 17.1 Å². The molecule has 1 unspecified atom stereocenters. The van der Waals surface area contributed by atoms with Crippen molar-refractivity contribution in [2.75, 3.05) is 7.11 Å². The van der Waals surface area contributed by atoms with Gasteiger partial charge in [-0.3, -0.25) is 4.79 Å². The summed E-state index contributed by atoms with van der Waals surface area (Å²) in [6.07, 6.45) is 1.17. The molecule has 0 N–H and O–H groups in total. The van der Waals surface area contributed by atoms with Gasteiger partial charge in [0, 0.05) is 18.5 Å². The lowest BCUT2D eigenvalue weighted by Crippen LogP contribution is -2.27. The number of amides is 1. The number of methoxy groups -OCH3 is 1. The van der Waals surface area contributed by atoms with Crippen molar-refractivity contribution in [2.45, 2.75) is 39.3 Å². The number of aryl methyl sites for hydroxylation is 2. The Bertz CT molecular complexity index is 995. The Labute approximate surface area is 164 Å². The number of nitrogens with zero attached hydrogens (tertiary/aromatic N) is 3. The molecule has 1 fully saturated rings. The second kappa shape index (κ2) is 7.46. The number of carbonyl (C=O) groups is 1. The maximum atomic E-state index is 12.5. The number of ether oxygens (including phenoxy) is 1. The number of rotatable bonds is 5. The Hall–Kier alpha value is -3.15. The molecule has 1 aliphatic heterocycles. The molecule has 4 rings (SSSR count). The second-order valence-electron chi connectivity index (χ2n) is 7.20. The van der Waals surface area contributed by atoms with E-state index < -0.39 is 0 Å². The first-order valence-corrected chi connectivity index (χ1v) is 9.39. The lowest BCUT2D eigenvalue weighted by Gasteiger charge is -2.22. The number of hydrogen-bond donors (Lipinski definition) is 0. The smallest absolute Gasteiger partial charge is 0.249 e. The van der Waals surface area contributed by atoms with Crippen molar-refractivity contribution in [3.63, 3.8) is 0 Å². The van der Waals surface area contributed by atoms with E-state index in [-0.39, 0.29) is 11.9 Å². The summed E-state index contributed by atoms with van der Waals surface area (Å²) in [6.45, 7) is 4.60. The fraction of sp³-hybridized carbons (Fsp3) is 0.318. The Balaban J connectivity index is 1.57.